The van der Waals surface area contributed by atoms with Crippen LogP contribution in [0.25, 0.3) is 21.8 Å². The number of ether oxygens (including phenoxy) is 2. The van der Waals surface area contributed by atoms with Gasteiger partial charge in [-0.1, -0.05) is 24.3 Å². The molecule has 2 fully saturated rings. The fraction of sp³-hybridized carbons (Fsp3) is 0.375. The predicted octanol–water partition coefficient (Wildman–Crippen LogP) is 6.43. The van der Waals surface area contributed by atoms with Crippen molar-refractivity contribution in [2.45, 2.75) is 38.8 Å². The Balaban J connectivity index is 0.000000154. The van der Waals surface area contributed by atoms with Gasteiger partial charge in [-0.05, 0) is 97.5 Å². The third-order valence-electron chi connectivity index (χ3n) is 12.6. The minimum Gasteiger partial charge on any atom is -0.497 e. The van der Waals surface area contributed by atoms with Crippen molar-refractivity contribution in [1.82, 2.24) is 19.8 Å². The Hall–Kier alpha value is -5.98. The third-order valence-corrected chi connectivity index (χ3v) is 12.6. The van der Waals surface area contributed by atoms with Gasteiger partial charge in [0.1, 0.15) is 11.5 Å². The van der Waals surface area contributed by atoms with Gasteiger partial charge < -0.3 is 39.9 Å². The number of rotatable bonds is 8. The summed E-state index contributed by atoms with van der Waals surface area (Å²) in [5.41, 5.74) is 10.8. The quantitative estimate of drug-likeness (QED) is 0.137. The molecule has 12 nitrogen and oxygen atoms in total. The molecule has 0 amide bonds. The number of anilines is 4. The summed E-state index contributed by atoms with van der Waals surface area (Å²) in [7, 11) is 3.39. The van der Waals surface area contributed by atoms with E-state index in [1.165, 1.54) is 22.5 Å². The van der Waals surface area contributed by atoms with E-state index in [1.54, 1.807) is 14.2 Å². The average molecular weight is 809 g/mol. The van der Waals surface area contributed by atoms with Gasteiger partial charge in [-0.3, -0.25) is 19.4 Å². The molecule has 4 aliphatic rings. The maximum Gasteiger partial charge on any atom is 0.253 e. The molecule has 0 spiro atoms. The summed E-state index contributed by atoms with van der Waals surface area (Å²) in [6.07, 6.45) is 3.74. The maximum atomic E-state index is 12.5. The van der Waals surface area contributed by atoms with Gasteiger partial charge in [0.25, 0.3) is 11.1 Å². The standard InChI is InChI=1S/2C24H28N4O2/c2*1-30-19-7-5-18(6-8-19)28-13-11-27(12-14-28)16-17-4-9-20-22(15-17)26-24(29)21-3-2-10-25-23(20)21/h2*4-9,15,25H,2-3,10-14,16H2,1H3,(H,26,29). The molecular weight excluding hydrogens is 753 g/mol. The third kappa shape index (κ3) is 8.53. The second-order valence-electron chi connectivity index (χ2n) is 16.4. The first-order chi connectivity index (χ1) is 29.4. The van der Waals surface area contributed by atoms with Crippen LogP contribution in [0.1, 0.15) is 35.1 Å². The van der Waals surface area contributed by atoms with Crippen LogP contribution in [-0.4, -0.2) is 99.4 Å². The van der Waals surface area contributed by atoms with E-state index in [2.05, 4.69) is 101 Å². The van der Waals surface area contributed by atoms with E-state index in [9.17, 15) is 9.59 Å². The number of nitrogens with one attached hydrogen (secondary N) is 4. The van der Waals surface area contributed by atoms with Gasteiger partial charge >= 0.3 is 0 Å². The molecule has 2 saturated heterocycles. The van der Waals surface area contributed by atoms with Crippen molar-refractivity contribution in [2.24, 2.45) is 0 Å². The van der Waals surface area contributed by atoms with Crippen LogP contribution in [0.5, 0.6) is 11.5 Å². The fourth-order valence-electron chi connectivity index (χ4n) is 9.24. The molecule has 0 atom stereocenters. The molecule has 312 valence electrons. The molecule has 4 N–H and O–H groups in total. The van der Waals surface area contributed by atoms with Gasteiger partial charge in [-0.2, -0.15) is 0 Å². The van der Waals surface area contributed by atoms with Crippen LogP contribution in [0.2, 0.25) is 0 Å². The highest BCUT2D eigenvalue weighted by molar-refractivity contribution is 5.94. The van der Waals surface area contributed by atoms with E-state index in [0.717, 1.165) is 160 Å². The Morgan fingerprint density at radius 2 is 0.917 bits per heavy atom. The number of H-pyrrole nitrogens is 2. The molecule has 6 heterocycles. The first-order valence-corrected chi connectivity index (χ1v) is 21.5. The average Bonchev–Trinajstić information content (AvgIpc) is 3.30. The Bertz CT molecular complexity index is 2380. The minimum atomic E-state index is 0.0509. The van der Waals surface area contributed by atoms with Crippen molar-refractivity contribution in [2.75, 3.05) is 100 Å². The fourth-order valence-corrected chi connectivity index (χ4v) is 9.24. The smallest absolute Gasteiger partial charge is 0.253 e. The van der Waals surface area contributed by atoms with E-state index < -0.39 is 0 Å². The zero-order valence-corrected chi connectivity index (χ0v) is 34.8. The van der Waals surface area contributed by atoms with Gasteiger partial charge in [-0.25, -0.2) is 0 Å². The van der Waals surface area contributed by atoms with Crippen LogP contribution in [0.3, 0.4) is 0 Å². The van der Waals surface area contributed by atoms with Crippen LogP contribution < -0.4 is 41.0 Å². The number of hydrogen-bond acceptors (Lipinski definition) is 10. The van der Waals surface area contributed by atoms with Gasteiger partial charge in [0.15, 0.2) is 0 Å². The topological polar surface area (TPSA) is 121 Å². The first kappa shape index (κ1) is 39.5. The van der Waals surface area contributed by atoms with Crippen molar-refractivity contribution < 1.29 is 9.47 Å². The largest absolute Gasteiger partial charge is 0.497 e. The normalized spacial score (nSPS) is 16.9. The first-order valence-electron chi connectivity index (χ1n) is 21.5. The van der Waals surface area contributed by atoms with E-state index >= 15 is 0 Å². The Kier molecular flexibility index (Phi) is 11.6. The summed E-state index contributed by atoms with van der Waals surface area (Å²) in [4.78, 5) is 41.0. The van der Waals surface area contributed by atoms with E-state index in [4.69, 9.17) is 9.47 Å². The van der Waals surface area contributed by atoms with Crippen LogP contribution >= 0.6 is 0 Å². The molecule has 4 aliphatic heterocycles. The summed E-state index contributed by atoms with van der Waals surface area (Å²) in [6.45, 7) is 11.8. The van der Waals surface area contributed by atoms with Crippen LogP contribution in [0, 0.1) is 0 Å². The summed E-state index contributed by atoms with van der Waals surface area (Å²) >= 11 is 0. The van der Waals surface area contributed by atoms with Crippen molar-refractivity contribution >= 4 is 44.6 Å². The number of aromatic amines is 2. The monoisotopic (exact) mass is 808 g/mol. The zero-order valence-electron chi connectivity index (χ0n) is 34.8. The molecule has 60 heavy (non-hydrogen) atoms. The molecule has 10 rings (SSSR count). The Morgan fingerprint density at radius 3 is 1.30 bits per heavy atom. The lowest BCUT2D eigenvalue weighted by atomic mass is 10.0. The van der Waals surface area contributed by atoms with Gasteiger partial charge in [-0.15, -0.1) is 0 Å². The van der Waals surface area contributed by atoms with Gasteiger partial charge in [0.2, 0.25) is 0 Å². The number of pyridine rings is 2. The molecule has 4 aromatic carbocycles. The minimum absolute atomic E-state index is 0.0509. The zero-order chi connectivity index (χ0) is 41.0. The highest BCUT2D eigenvalue weighted by Crippen LogP contribution is 2.30. The van der Waals surface area contributed by atoms with Crippen molar-refractivity contribution in [3.8, 4) is 11.5 Å². The number of hydrogen-bond donors (Lipinski definition) is 4. The number of benzene rings is 4. The predicted molar refractivity (Wildman–Crippen MR) is 244 cm³/mol. The molecule has 0 unspecified atom stereocenters. The lowest BCUT2D eigenvalue weighted by molar-refractivity contribution is 0.250. The van der Waals surface area contributed by atoms with Crippen molar-refractivity contribution in [3.05, 3.63) is 128 Å². The maximum absolute atomic E-state index is 12.5. The highest BCUT2D eigenvalue weighted by Gasteiger charge is 2.21. The molecule has 0 aliphatic carbocycles. The lowest BCUT2D eigenvalue weighted by Crippen LogP contribution is -2.45. The SMILES string of the molecule is COc1ccc(N2CCN(Cc3ccc4c5c(c(=O)[nH]c4c3)CCCN5)CC2)cc1.COc1ccc(N2CCN(Cc3ccc4c5c(c(=O)[nH]c4c3)CCCN5)CC2)cc1. The van der Waals surface area contributed by atoms with E-state index in [-0.39, 0.29) is 11.1 Å². The number of methoxy groups -OCH3 is 2. The molecular formula is C48H56N8O4. The lowest BCUT2D eigenvalue weighted by Gasteiger charge is -2.36. The number of nitrogens with zero attached hydrogens (tertiary/aromatic N) is 4. The van der Waals surface area contributed by atoms with Crippen LogP contribution in [-0.2, 0) is 25.9 Å². The number of piperazine rings is 2. The number of fused-ring (bicyclic) bond motifs is 6. The van der Waals surface area contributed by atoms with Crippen LogP contribution in [0.4, 0.5) is 22.7 Å². The Labute approximate surface area is 351 Å². The van der Waals surface area contributed by atoms with Gasteiger partial charge in [0.05, 0.1) is 36.6 Å². The molecule has 2 aromatic heterocycles. The van der Waals surface area contributed by atoms with E-state index in [1.807, 2.05) is 24.3 Å². The summed E-state index contributed by atoms with van der Waals surface area (Å²) < 4.78 is 10.5. The molecule has 12 heteroatoms. The molecule has 0 saturated carbocycles. The molecule has 0 radical (unpaired) electrons. The van der Waals surface area contributed by atoms with E-state index in [0.29, 0.717) is 0 Å². The van der Waals surface area contributed by atoms with Gasteiger partial charge in [0, 0.05) is 112 Å². The summed E-state index contributed by atoms with van der Waals surface area (Å²) in [6, 6.07) is 29.6. The second kappa shape index (κ2) is 17.7. The van der Waals surface area contributed by atoms with Crippen LogP contribution in [0.15, 0.2) is 94.5 Å². The molecule has 0 bridgehead atoms. The second-order valence-corrected chi connectivity index (χ2v) is 16.4. The van der Waals surface area contributed by atoms with Crippen molar-refractivity contribution in [1.29, 1.82) is 0 Å². The highest BCUT2D eigenvalue weighted by atomic mass is 16.5. The molecule has 6 aromatic rings. The Morgan fingerprint density at radius 1 is 0.517 bits per heavy atom. The summed E-state index contributed by atoms with van der Waals surface area (Å²) in [5.74, 6) is 1.78. The summed E-state index contributed by atoms with van der Waals surface area (Å²) in [5, 5.41) is 9.11. The number of aromatic nitrogens is 2. The van der Waals surface area contributed by atoms with Crippen molar-refractivity contribution in [3.63, 3.8) is 0 Å².